The third kappa shape index (κ3) is 45.6. The van der Waals surface area contributed by atoms with Crippen LogP contribution in [-0.4, -0.2) is 37.0 Å². The van der Waals surface area contributed by atoms with E-state index in [9.17, 15) is 9.90 Å². The van der Waals surface area contributed by atoms with Gasteiger partial charge in [-0.05, 0) is 96.3 Å². The molecule has 0 fully saturated rings. The summed E-state index contributed by atoms with van der Waals surface area (Å²) in [5.74, 6) is -0.222. The first-order valence-electron chi connectivity index (χ1n) is 22.8. The van der Waals surface area contributed by atoms with Crippen molar-refractivity contribution in [3.8, 4) is 0 Å². The van der Waals surface area contributed by atoms with Crippen LogP contribution in [0.15, 0.2) is 97.2 Å². The van der Waals surface area contributed by atoms with Crippen molar-refractivity contribution in [1.29, 1.82) is 0 Å². The lowest BCUT2D eigenvalue weighted by molar-refractivity contribution is -0.154. The van der Waals surface area contributed by atoms with Gasteiger partial charge in [-0.1, -0.05) is 188 Å². The topological polar surface area (TPSA) is 55.8 Å². The van der Waals surface area contributed by atoms with Gasteiger partial charge in [-0.25, -0.2) is 0 Å². The van der Waals surface area contributed by atoms with Crippen molar-refractivity contribution in [2.24, 2.45) is 0 Å². The van der Waals surface area contributed by atoms with E-state index in [4.69, 9.17) is 9.47 Å². The van der Waals surface area contributed by atoms with Gasteiger partial charge in [0.2, 0.25) is 0 Å². The van der Waals surface area contributed by atoms with Gasteiger partial charge in [0.25, 0.3) is 0 Å². The predicted molar refractivity (Wildman–Crippen MR) is 242 cm³/mol. The maximum Gasteiger partial charge on any atom is 0.306 e. The molecule has 4 heteroatoms. The molecule has 1 unspecified atom stereocenters. The number of ether oxygens (including phenoxy) is 2. The van der Waals surface area contributed by atoms with E-state index in [2.05, 4.69) is 111 Å². The maximum atomic E-state index is 12.2. The Labute approximate surface area is 341 Å². The third-order valence-corrected chi connectivity index (χ3v) is 9.39. The SMILES string of the molecule is CC/C=C\C/C=C\C/C=C\C/C=C\C/C=C\CCCCCCCCOCC(CO)OC(=O)CCCCCCCC/C=C\C/C=C\C/C=C\CCCCCCC. The van der Waals surface area contributed by atoms with E-state index in [0.717, 1.165) is 89.9 Å². The second-order valence-electron chi connectivity index (χ2n) is 14.7. The molecule has 0 saturated heterocycles. The van der Waals surface area contributed by atoms with Gasteiger partial charge in [0, 0.05) is 13.0 Å². The quantitative estimate of drug-likeness (QED) is 0.0383. The van der Waals surface area contributed by atoms with Crippen LogP contribution < -0.4 is 0 Å². The molecule has 1 atom stereocenters. The van der Waals surface area contributed by atoms with Gasteiger partial charge in [0.15, 0.2) is 0 Å². The highest BCUT2D eigenvalue weighted by Crippen LogP contribution is 2.12. The summed E-state index contributed by atoms with van der Waals surface area (Å²) in [5.41, 5.74) is 0. The van der Waals surface area contributed by atoms with Gasteiger partial charge in [0.05, 0.1) is 13.2 Å². The fraction of sp³-hybridized carbons (Fsp3) is 0.667. The summed E-state index contributed by atoms with van der Waals surface area (Å²) in [4.78, 5) is 12.2. The average molecular weight is 763 g/mol. The Kier molecular flexibility index (Phi) is 45.1. The summed E-state index contributed by atoms with van der Waals surface area (Å²) in [6, 6.07) is 0. The minimum atomic E-state index is -0.557. The van der Waals surface area contributed by atoms with Gasteiger partial charge in [0.1, 0.15) is 6.10 Å². The normalized spacial score (nSPS) is 13.3. The number of allylic oxidation sites excluding steroid dienone is 16. The first-order valence-corrected chi connectivity index (χ1v) is 22.8. The smallest absolute Gasteiger partial charge is 0.306 e. The second kappa shape index (κ2) is 47.5. The molecule has 314 valence electrons. The van der Waals surface area contributed by atoms with Gasteiger partial charge in [-0.15, -0.1) is 0 Å². The molecule has 0 aliphatic heterocycles. The highest BCUT2D eigenvalue weighted by atomic mass is 16.6. The van der Waals surface area contributed by atoms with Crippen molar-refractivity contribution < 1.29 is 19.4 Å². The zero-order valence-electron chi connectivity index (χ0n) is 35.9. The van der Waals surface area contributed by atoms with Crippen LogP contribution in [0.25, 0.3) is 0 Å². The molecule has 0 spiro atoms. The first-order chi connectivity index (χ1) is 27.2. The number of hydrogen-bond acceptors (Lipinski definition) is 4. The molecule has 0 radical (unpaired) electrons. The highest BCUT2D eigenvalue weighted by molar-refractivity contribution is 5.69. The van der Waals surface area contributed by atoms with E-state index in [1.54, 1.807) is 0 Å². The lowest BCUT2D eigenvalue weighted by atomic mass is 10.1. The molecule has 55 heavy (non-hydrogen) atoms. The lowest BCUT2D eigenvalue weighted by Gasteiger charge is -2.15. The molecule has 0 aromatic carbocycles. The Morgan fingerprint density at radius 2 is 0.818 bits per heavy atom. The van der Waals surface area contributed by atoms with Gasteiger partial charge in [-0.2, -0.15) is 0 Å². The molecular formula is C51H86O4. The standard InChI is InChI=1S/C51H86O4/c1-3-5-7-9-11-13-15-17-19-21-23-25-27-29-31-33-35-37-39-41-43-45-47-54-49-50(48-52)55-51(53)46-44-42-40-38-36-34-32-30-28-26-24-22-20-18-16-14-12-10-8-6-4-2/h5,7,11,13,16-19,22-25,28-31,50,52H,3-4,6,8-10,12,14-15,20-21,26-27,32-49H2,1-2H3/b7-5-,13-11-,18-16-,19-17-,24-22-,25-23-,30-28-,31-29-. The average Bonchev–Trinajstić information content (AvgIpc) is 3.19. The monoisotopic (exact) mass is 763 g/mol. The fourth-order valence-corrected chi connectivity index (χ4v) is 6.01. The van der Waals surface area contributed by atoms with E-state index in [-0.39, 0.29) is 19.2 Å². The zero-order valence-corrected chi connectivity index (χ0v) is 35.9. The van der Waals surface area contributed by atoms with Crippen molar-refractivity contribution in [2.45, 2.75) is 200 Å². The molecular weight excluding hydrogens is 677 g/mol. The molecule has 4 nitrogen and oxygen atoms in total. The number of rotatable bonds is 41. The first kappa shape index (κ1) is 52.3. The molecule has 0 amide bonds. The molecule has 0 heterocycles. The Morgan fingerprint density at radius 3 is 1.24 bits per heavy atom. The van der Waals surface area contributed by atoms with Crippen molar-refractivity contribution in [2.75, 3.05) is 19.8 Å². The summed E-state index contributed by atoms with van der Waals surface area (Å²) in [5, 5.41) is 9.62. The molecule has 0 aliphatic rings. The van der Waals surface area contributed by atoms with Crippen LogP contribution >= 0.6 is 0 Å². The van der Waals surface area contributed by atoms with Gasteiger partial charge >= 0.3 is 5.97 Å². The number of aliphatic hydroxyl groups is 1. The molecule has 0 saturated carbocycles. The third-order valence-electron chi connectivity index (χ3n) is 9.39. The summed E-state index contributed by atoms with van der Waals surface area (Å²) in [6.07, 6.45) is 67.5. The molecule has 1 N–H and O–H groups in total. The van der Waals surface area contributed by atoms with Crippen LogP contribution in [0.4, 0.5) is 0 Å². The highest BCUT2D eigenvalue weighted by Gasteiger charge is 2.13. The number of unbranched alkanes of at least 4 members (excludes halogenated alkanes) is 17. The van der Waals surface area contributed by atoms with Crippen LogP contribution in [0.1, 0.15) is 194 Å². The number of carbonyl (C=O) groups is 1. The van der Waals surface area contributed by atoms with Crippen LogP contribution in [0.3, 0.4) is 0 Å². The molecule has 0 aromatic rings. The minimum absolute atomic E-state index is 0.189. The molecule has 0 aromatic heterocycles. The van der Waals surface area contributed by atoms with Crippen molar-refractivity contribution >= 4 is 5.97 Å². The summed E-state index contributed by atoms with van der Waals surface area (Å²) in [6.45, 7) is 5.16. The zero-order chi connectivity index (χ0) is 39.8. The van der Waals surface area contributed by atoms with Crippen LogP contribution in [0.2, 0.25) is 0 Å². The van der Waals surface area contributed by atoms with E-state index in [0.29, 0.717) is 13.0 Å². The van der Waals surface area contributed by atoms with Gasteiger partial charge < -0.3 is 14.6 Å². The second-order valence-corrected chi connectivity index (χ2v) is 14.7. The minimum Gasteiger partial charge on any atom is -0.457 e. The number of hydrogen-bond donors (Lipinski definition) is 1. The van der Waals surface area contributed by atoms with Crippen LogP contribution in [0.5, 0.6) is 0 Å². The van der Waals surface area contributed by atoms with Crippen LogP contribution in [0, 0.1) is 0 Å². The Bertz CT molecular complexity index is 1030. The van der Waals surface area contributed by atoms with E-state index in [1.165, 1.54) is 83.5 Å². The molecule has 0 bridgehead atoms. The molecule has 0 aliphatic carbocycles. The van der Waals surface area contributed by atoms with E-state index in [1.807, 2.05) is 0 Å². The number of esters is 1. The Hall–Kier alpha value is -2.69. The Morgan fingerprint density at radius 1 is 0.455 bits per heavy atom. The summed E-state index contributed by atoms with van der Waals surface area (Å²) in [7, 11) is 0. The van der Waals surface area contributed by atoms with Crippen LogP contribution in [-0.2, 0) is 14.3 Å². The predicted octanol–water partition coefficient (Wildman–Crippen LogP) is 15.3. The van der Waals surface area contributed by atoms with E-state index < -0.39 is 6.10 Å². The van der Waals surface area contributed by atoms with Crippen molar-refractivity contribution in [3.05, 3.63) is 97.2 Å². The fourth-order valence-electron chi connectivity index (χ4n) is 6.01. The largest absolute Gasteiger partial charge is 0.457 e. The van der Waals surface area contributed by atoms with Crippen molar-refractivity contribution in [1.82, 2.24) is 0 Å². The summed E-state index contributed by atoms with van der Waals surface area (Å²) < 4.78 is 11.2. The maximum absolute atomic E-state index is 12.2. The molecule has 0 rings (SSSR count). The van der Waals surface area contributed by atoms with Crippen molar-refractivity contribution in [3.63, 3.8) is 0 Å². The lowest BCUT2D eigenvalue weighted by Crippen LogP contribution is -2.27. The Balaban J connectivity index is 3.54. The number of aliphatic hydroxyl groups excluding tert-OH is 1. The summed E-state index contributed by atoms with van der Waals surface area (Å²) >= 11 is 0. The van der Waals surface area contributed by atoms with Gasteiger partial charge in [-0.3, -0.25) is 4.79 Å². The van der Waals surface area contributed by atoms with E-state index >= 15 is 0 Å². The number of carbonyl (C=O) groups excluding carboxylic acids is 1.